The van der Waals surface area contributed by atoms with Crippen LogP contribution < -0.4 is 5.32 Å². The molecule has 4 heterocycles. The molecular weight excluding hydrogens is 394 g/mol. The molecule has 8 nitrogen and oxygen atoms in total. The zero-order valence-electron chi connectivity index (χ0n) is 16.8. The van der Waals surface area contributed by atoms with Gasteiger partial charge in [0, 0.05) is 48.8 Å². The number of benzene rings is 1. The van der Waals surface area contributed by atoms with Crippen LogP contribution in [0.5, 0.6) is 0 Å². The molecule has 1 aromatic carbocycles. The maximum absolute atomic E-state index is 12.7. The van der Waals surface area contributed by atoms with Gasteiger partial charge in [-0.3, -0.25) is 14.0 Å². The molecule has 0 atom stereocenters. The Morgan fingerprint density at radius 3 is 2.58 bits per heavy atom. The number of furan rings is 1. The Balaban J connectivity index is 1.19. The van der Waals surface area contributed by atoms with E-state index in [2.05, 4.69) is 15.3 Å². The second kappa shape index (κ2) is 8.06. The van der Waals surface area contributed by atoms with E-state index < -0.39 is 0 Å². The predicted octanol–water partition coefficient (Wildman–Crippen LogP) is 3.48. The van der Waals surface area contributed by atoms with E-state index in [0.29, 0.717) is 37.5 Å². The van der Waals surface area contributed by atoms with Crippen molar-refractivity contribution >= 4 is 23.3 Å². The second-order valence-corrected chi connectivity index (χ2v) is 7.56. The molecule has 1 aliphatic rings. The molecule has 0 aliphatic carbocycles. The third-order valence-corrected chi connectivity index (χ3v) is 5.57. The van der Waals surface area contributed by atoms with Crippen molar-refractivity contribution in [2.75, 3.05) is 18.4 Å². The highest BCUT2D eigenvalue weighted by molar-refractivity contribution is 5.94. The second-order valence-electron chi connectivity index (χ2n) is 7.56. The number of piperidine rings is 1. The van der Waals surface area contributed by atoms with Crippen LogP contribution in [-0.4, -0.2) is 44.2 Å². The zero-order valence-corrected chi connectivity index (χ0v) is 16.8. The highest BCUT2D eigenvalue weighted by Crippen LogP contribution is 2.23. The van der Waals surface area contributed by atoms with Gasteiger partial charge in [-0.1, -0.05) is 12.1 Å². The summed E-state index contributed by atoms with van der Waals surface area (Å²) in [5.41, 5.74) is 2.52. The summed E-state index contributed by atoms with van der Waals surface area (Å²) in [5.74, 6) is 0.720. The zero-order chi connectivity index (χ0) is 21.2. The van der Waals surface area contributed by atoms with Crippen molar-refractivity contribution in [2.24, 2.45) is 5.92 Å². The van der Waals surface area contributed by atoms with Gasteiger partial charge in [0.15, 0.2) is 5.76 Å². The first kappa shape index (κ1) is 19.0. The van der Waals surface area contributed by atoms with Gasteiger partial charge in [-0.05, 0) is 43.2 Å². The van der Waals surface area contributed by atoms with Gasteiger partial charge >= 0.3 is 0 Å². The number of nitrogens with one attached hydrogen (secondary N) is 1. The Labute approximate surface area is 178 Å². The van der Waals surface area contributed by atoms with Gasteiger partial charge in [-0.15, -0.1) is 0 Å². The van der Waals surface area contributed by atoms with E-state index in [4.69, 9.17) is 4.42 Å². The van der Waals surface area contributed by atoms with Gasteiger partial charge < -0.3 is 14.6 Å². The Morgan fingerprint density at radius 2 is 1.87 bits per heavy atom. The van der Waals surface area contributed by atoms with Crippen LogP contribution in [0.4, 0.5) is 5.69 Å². The molecule has 0 saturated carbocycles. The summed E-state index contributed by atoms with van der Waals surface area (Å²) in [4.78, 5) is 35.5. The average molecular weight is 415 g/mol. The molecule has 0 radical (unpaired) electrons. The Bertz CT molecular complexity index is 1170. The molecule has 8 heteroatoms. The largest absolute Gasteiger partial charge is 0.459 e. The Kier molecular flexibility index (Phi) is 4.95. The number of amides is 2. The minimum Gasteiger partial charge on any atom is -0.459 e. The number of anilines is 1. The molecule has 3 aromatic heterocycles. The van der Waals surface area contributed by atoms with Crippen molar-refractivity contribution in [3.8, 4) is 11.3 Å². The molecule has 0 unspecified atom stereocenters. The van der Waals surface area contributed by atoms with Crippen LogP contribution in [0.25, 0.3) is 17.0 Å². The van der Waals surface area contributed by atoms with E-state index in [1.54, 1.807) is 23.2 Å². The summed E-state index contributed by atoms with van der Waals surface area (Å²) in [7, 11) is 0. The van der Waals surface area contributed by atoms with Gasteiger partial charge in [0.05, 0.1) is 12.0 Å². The predicted molar refractivity (Wildman–Crippen MR) is 114 cm³/mol. The number of rotatable bonds is 4. The molecular formula is C23H21N5O3. The summed E-state index contributed by atoms with van der Waals surface area (Å²) >= 11 is 0. The van der Waals surface area contributed by atoms with Gasteiger partial charge in [0.1, 0.15) is 0 Å². The molecule has 1 fully saturated rings. The minimum atomic E-state index is -0.124. The SMILES string of the molecule is O=C(Nc1ccc(-c2cn3cccnc3n2)cc1)C1CCN(C(=O)c2ccco2)CC1. The van der Waals surface area contributed by atoms with E-state index in [0.717, 1.165) is 16.9 Å². The summed E-state index contributed by atoms with van der Waals surface area (Å²) in [6.07, 6.45) is 8.29. The highest BCUT2D eigenvalue weighted by Gasteiger charge is 2.28. The van der Waals surface area contributed by atoms with Crippen LogP contribution in [0.1, 0.15) is 23.4 Å². The highest BCUT2D eigenvalue weighted by atomic mass is 16.3. The van der Waals surface area contributed by atoms with E-state index in [-0.39, 0.29) is 17.7 Å². The molecule has 0 bridgehead atoms. The lowest BCUT2D eigenvalue weighted by Crippen LogP contribution is -2.41. The minimum absolute atomic E-state index is 0.0187. The number of hydrogen-bond acceptors (Lipinski definition) is 5. The lowest BCUT2D eigenvalue weighted by molar-refractivity contribution is -0.121. The molecule has 156 valence electrons. The summed E-state index contributed by atoms with van der Waals surface area (Å²) in [6.45, 7) is 1.08. The van der Waals surface area contributed by atoms with E-state index >= 15 is 0 Å². The van der Waals surface area contributed by atoms with Crippen LogP contribution in [-0.2, 0) is 4.79 Å². The maximum Gasteiger partial charge on any atom is 0.289 e. The van der Waals surface area contributed by atoms with Crippen molar-refractivity contribution in [3.63, 3.8) is 0 Å². The molecule has 0 spiro atoms. The monoisotopic (exact) mass is 415 g/mol. The maximum atomic E-state index is 12.7. The number of carbonyl (C=O) groups excluding carboxylic acids is 2. The normalized spacial score (nSPS) is 14.6. The smallest absolute Gasteiger partial charge is 0.289 e. The van der Waals surface area contributed by atoms with E-state index in [1.807, 2.05) is 47.1 Å². The lowest BCUT2D eigenvalue weighted by atomic mass is 9.95. The number of nitrogens with zero attached hydrogens (tertiary/aromatic N) is 4. The van der Waals surface area contributed by atoms with Gasteiger partial charge in [0.2, 0.25) is 11.7 Å². The summed E-state index contributed by atoms with van der Waals surface area (Å²) < 4.78 is 7.05. The molecule has 2 amide bonds. The number of likely N-dealkylation sites (tertiary alicyclic amines) is 1. The van der Waals surface area contributed by atoms with Crippen molar-refractivity contribution in [3.05, 3.63) is 73.1 Å². The summed E-state index contributed by atoms with van der Waals surface area (Å²) in [6, 6.07) is 12.8. The van der Waals surface area contributed by atoms with Crippen LogP contribution in [0.15, 0.2) is 71.7 Å². The number of aromatic nitrogens is 3. The van der Waals surface area contributed by atoms with Gasteiger partial charge in [-0.25, -0.2) is 9.97 Å². The molecule has 1 N–H and O–H groups in total. The van der Waals surface area contributed by atoms with Crippen molar-refractivity contribution in [1.82, 2.24) is 19.3 Å². The number of hydrogen-bond donors (Lipinski definition) is 1. The van der Waals surface area contributed by atoms with E-state index in [1.165, 1.54) is 6.26 Å². The topological polar surface area (TPSA) is 92.7 Å². The average Bonchev–Trinajstić information content (AvgIpc) is 3.49. The number of imidazole rings is 1. The molecule has 1 aliphatic heterocycles. The first-order valence-electron chi connectivity index (χ1n) is 10.2. The molecule has 1 saturated heterocycles. The van der Waals surface area contributed by atoms with Crippen LogP contribution >= 0.6 is 0 Å². The fourth-order valence-electron chi connectivity index (χ4n) is 3.84. The van der Waals surface area contributed by atoms with Crippen LogP contribution in [0.2, 0.25) is 0 Å². The molecule has 31 heavy (non-hydrogen) atoms. The quantitative estimate of drug-likeness (QED) is 0.551. The van der Waals surface area contributed by atoms with E-state index in [9.17, 15) is 9.59 Å². The van der Waals surface area contributed by atoms with Crippen molar-refractivity contribution in [1.29, 1.82) is 0 Å². The van der Waals surface area contributed by atoms with Crippen molar-refractivity contribution < 1.29 is 14.0 Å². The first-order valence-corrected chi connectivity index (χ1v) is 10.2. The first-order chi connectivity index (χ1) is 15.2. The van der Waals surface area contributed by atoms with Crippen molar-refractivity contribution in [2.45, 2.75) is 12.8 Å². The van der Waals surface area contributed by atoms with Crippen LogP contribution in [0, 0.1) is 5.92 Å². The standard InChI is InChI=1S/C23H21N5O3/c29-21(17-8-12-27(13-9-17)22(30)20-3-1-14-31-20)25-18-6-4-16(5-7-18)19-15-28-11-2-10-24-23(28)26-19/h1-7,10-11,14-15,17H,8-9,12-13H2,(H,25,29). The van der Waals surface area contributed by atoms with Crippen LogP contribution in [0.3, 0.4) is 0 Å². The summed E-state index contributed by atoms with van der Waals surface area (Å²) in [5, 5.41) is 2.99. The number of carbonyl (C=O) groups is 2. The molecule has 5 rings (SSSR count). The Hall–Kier alpha value is -3.94. The lowest BCUT2D eigenvalue weighted by Gasteiger charge is -2.30. The fourth-order valence-corrected chi connectivity index (χ4v) is 3.84. The van der Waals surface area contributed by atoms with Gasteiger partial charge in [-0.2, -0.15) is 0 Å². The third kappa shape index (κ3) is 3.92. The van der Waals surface area contributed by atoms with Gasteiger partial charge in [0.25, 0.3) is 5.91 Å². The molecule has 4 aromatic rings. The Morgan fingerprint density at radius 1 is 1.06 bits per heavy atom. The third-order valence-electron chi connectivity index (χ3n) is 5.57. The fraction of sp³-hybridized carbons (Fsp3) is 0.217. The number of fused-ring (bicyclic) bond motifs is 1.